The maximum Gasteiger partial charge on any atom is 0.470 e. The monoisotopic (exact) mass is 952 g/mol. The average molecular weight is 952 g/mol. The Morgan fingerprint density at radius 3 is 0.750 bits per heavy atom. The number of aliphatic hydroxyl groups is 4. The van der Waals surface area contributed by atoms with E-state index >= 15 is 0 Å². The topological polar surface area (TPSA) is 541 Å². The van der Waals surface area contributed by atoms with E-state index in [0.717, 1.165) is 0 Å². The van der Waals surface area contributed by atoms with Crippen molar-refractivity contribution in [2.45, 2.75) is 73.2 Å². The number of rotatable bonds is 20. The molecule has 0 saturated heterocycles. The van der Waals surface area contributed by atoms with E-state index in [-0.39, 0.29) is 0 Å². The van der Waals surface area contributed by atoms with Gasteiger partial charge in [-0.05, 0) is 0 Å². The number of nitrogens with one attached hydrogen (secondary N) is 2. The summed E-state index contributed by atoms with van der Waals surface area (Å²) in [5.41, 5.74) is 0. The molecule has 2 saturated carbocycles. The third-order valence-corrected chi connectivity index (χ3v) is 10.0. The molecule has 0 aliphatic heterocycles. The van der Waals surface area contributed by atoms with Gasteiger partial charge in [-0.1, -0.05) is 0 Å². The molecule has 33 nitrogen and oxygen atoms in total. The van der Waals surface area contributed by atoms with Gasteiger partial charge in [-0.15, -0.1) is 0 Å². The minimum atomic E-state index is -5.68. The molecule has 0 aromatic carbocycles. The number of aliphatic hydroxyl groups excluding tert-OH is 4. The molecule has 39 heteroatoms. The Balaban J connectivity index is 2.11. The fourth-order valence-electron chi connectivity index (χ4n) is 5.16. The van der Waals surface area contributed by atoms with Crippen LogP contribution < -0.4 is 10.6 Å². The van der Waals surface area contributed by atoms with Gasteiger partial charge in [0.2, 0.25) is 0 Å². The van der Waals surface area contributed by atoms with E-state index in [2.05, 4.69) is 37.8 Å². The van der Waals surface area contributed by atoms with Gasteiger partial charge < -0.3 is 99.3 Å². The van der Waals surface area contributed by atoms with Crippen LogP contribution in [-0.4, -0.2) is 185 Å². The fourth-order valence-corrected chi connectivity index (χ4v) is 8.53. The largest absolute Gasteiger partial charge is 0.470 e. The Kier molecular flexibility index (Phi) is 18.5. The summed E-state index contributed by atoms with van der Waals surface area (Å²) >= 11 is 0. The van der Waals surface area contributed by atoms with Crippen molar-refractivity contribution in [1.29, 1.82) is 0 Å². The van der Waals surface area contributed by atoms with Crippen LogP contribution >= 0.6 is 46.9 Å². The van der Waals surface area contributed by atoms with Gasteiger partial charge in [0.1, 0.15) is 73.2 Å². The second kappa shape index (κ2) is 20.0. The van der Waals surface area contributed by atoms with Crippen LogP contribution in [0.1, 0.15) is 0 Å². The van der Waals surface area contributed by atoms with Gasteiger partial charge in [0.15, 0.2) is 0 Å². The Labute approximate surface area is 311 Å². The van der Waals surface area contributed by atoms with Crippen molar-refractivity contribution >= 4 is 53.0 Å². The summed E-state index contributed by atoms with van der Waals surface area (Å²) in [6, 6.07) is -1.13. The van der Waals surface area contributed by atoms with Crippen LogP contribution in [0, 0.1) is 0 Å². The molecule has 2 fully saturated rings. The van der Waals surface area contributed by atoms with Crippen molar-refractivity contribution in [3.8, 4) is 0 Å². The van der Waals surface area contributed by atoms with Crippen molar-refractivity contribution in [3.05, 3.63) is 0 Å². The van der Waals surface area contributed by atoms with Gasteiger partial charge in [-0.3, -0.25) is 27.1 Å². The zero-order valence-electron chi connectivity index (χ0n) is 27.2. The van der Waals surface area contributed by atoms with Crippen LogP contribution in [0.25, 0.3) is 0 Å². The van der Waals surface area contributed by atoms with Crippen molar-refractivity contribution in [1.82, 2.24) is 10.6 Å². The van der Waals surface area contributed by atoms with Crippen LogP contribution in [0.3, 0.4) is 0 Å². The predicted molar refractivity (Wildman–Crippen MR) is 166 cm³/mol. The van der Waals surface area contributed by atoms with E-state index in [0.29, 0.717) is 0 Å². The lowest BCUT2D eigenvalue weighted by Gasteiger charge is -2.46. The molecule has 0 heterocycles. The number of hydrogen-bond acceptors (Lipinski definition) is 19. The van der Waals surface area contributed by atoms with Crippen molar-refractivity contribution in [2.75, 3.05) is 26.3 Å². The number of carbonyl (C=O) groups excluding carboxylic acids is 1. The van der Waals surface area contributed by atoms with Gasteiger partial charge in [0.25, 0.3) is 0 Å². The van der Waals surface area contributed by atoms with E-state index < -0.39 is 153 Å². The molecule has 56 heavy (non-hydrogen) atoms. The SMILES string of the molecule is O=C(NCCO[C@@H]1[C@H](O)[C@@H](OP(=O)(O)O)[C@H](OP(=O)(O)O)[C@@H](O)[C@@H]1OP(=O)(O)O)NCCO[C@@H]1[C@H](O)[C@@H](OP(=O)(O)O)[C@H](OP(=O)(O)O)[C@@H](O)[C@@H]1OP(=O)(O)O. The molecule has 0 aromatic heterocycles. The Bertz CT molecular complexity index is 1490. The molecule has 2 rings (SSSR count). The third-order valence-electron chi connectivity index (χ3n) is 6.94. The molecule has 2 aliphatic rings. The highest BCUT2D eigenvalue weighted by atomic mass is 31.2. The van der Waals surface area contributed by atoms with Crippen molar-refractivity contribution in [3.63, 3.8) is 0 Å². The number of carbonyl (C=O) groups is 1. The summed E-state index contributed by atoms with van der Waals surface area (Å²) in [7, 11) is -34.0. The lowest BCUT2D eigenvalue weighted by molar-refractivity contribution is -0.224. The number of phosphoric acid groups is 6. The quantitative estimate of drug-likeness (QED) is 0.0398. The first-order chi connectivity index (χ1) is 25.1. The summed E-state index contributed by atoms with van der Waals surface area (Å²) < 4.78 is 105. The Morgan fingerprint density at radius 1 is 0.375 bits per heavy atom. The summed E-state index contributed by atoms with van der Waals surface area (Å²) in [5.74, 6) is 0. The normalized spacial score (nSPS) is 32.6. The molecule has 2 amide bonds. The summed E-state index contributed by atoms with van der Waals surface area (Å²) in [5, 5.41) is 46.7. The second-order valence-electron chi connectivity index (χ2n) is 11.2. The highest BCUT2D eigenvalue weighted by Crippen LogP contribution is 2.51. The molecule has 0 unspecified atom stereocenters. The average Bonchev–Trinajstić information content (AvgIpc) is 2.97. The smallest absolute Gasteiger partial charge is 0.387 e. The zero-order chi connectivity index (χ0) is 43.4. The van der Waals surface area contributed by atoms with E-state index in [1.807, 2.05) is 0 Å². The molecular weight excluding hydrogens is 914 g/mol. The summed E-state index contributed by atoms with van der Waals surface area (Å²) in [6.07, 6.45) is -30.1. The molecule has 0 radical (unpaired) electrons. The van der Waals surface area contributed by atoms with E-state index in [1.165, 1.54) is 0 Å². The third kappa shape index (κ3) is 17.7. The molecule has 0 spiro atoms. The highest BCUT2D eigenvalue weighted by molar-refractivity contribution is 7.47. The zero-order valence-corrected chi connectivity index (χ0v) is 32.6. The summed E-state index contributed by atoms with van der Waals surface area (Å²) in [6.45, 7) is -2.87. The van der Waals surface area contributed by atoms with E-state index in [9.17, 15) is 91.8 Å². The molecule has 332 valence electrons. The van der Waals surface area contributed by atoms with Gasteiger partial charge in [0, 0.05) is 13.1 Å². The van der Waals surface area contributed by atoms with Gasteiger partial charge >= 0.3 is 53.0 Å². The van der Waals surface area contributed by atoms with Crippen molar-refractivity contribution < 1.29 is 148 Å². The maximum atomic E-state index is 12.3. The molecule has 0 aromatic rings. The highest BCUT2D eigenvalue weighted by Gasteiger charge is 2.59. The first kappa shape index (κ1) is 51.8. The fraction of sp³-hybridized carbons (Fsp3) is 0.941. The van der Waals surface area contributed by atoms with Crippen LogP contribution in [0.5, 0.6) is 0 Å². The lowest BCUT2D eigenvalue weighted by Crippen LogP contribution is -2.66. The minimum absolute atomic E-state index is 0.630. The maximum absolute atomic E-state index is 12.3. The van der Waals surface area contributed by atoms with Gasteiger partial charge in [-0.25, -0.2) is 32.2 Å². The van der Waals surface area contributed by atoms with Gasteiger partial charge in [0.05, 0.1) is 13.2 Å². The van der Waals surface area contributed by atoms with Gasteiger partial charge in [-0.2, -0.15) is 0 Å². The molecular formula is C17H38N2O31P6. The van der Waals surface area contributed by atoms with Crippen LogP contribution in [0.15, 0.2) is 0 Å². The van der Waals surface area contributed by atoms with Crippen LogP contribution in [-0.2, 0) is 64.0 Å². The van der Waals surface area contributed by atoms with Crippen molar-refractivity contribution in [2.24, 2.45) is 0 Å². The molecule has 12 atom stereocenters. The number of ether oxygens (including phenoxy) is 2. The number of amides is 2. The minimum Gasteiger partial charge on any atom is -0.387 e. The summed E-state index contributed by atoms with van der Waals surface area (Å²) in [4.78, 5) is 123. The number of phosphoric ester groups is 6. The first-order valence-electron chi connectivity index (χ1n) is 14.5. The number of urea groups is 1. The Hall–Kier alpha value is -0.310. The first-order valence-corrected chi connectivity index (χ1v) is 23.7. The van der Waals surface area contributed by atoms with Crippen LogP contribution in [0.4, 0.5) is 4.79 Å². The second-order valence-corrected chi connectivity index (χ2v) is 18.3. The molecule has 18 N–H and O–H groups in total. The predicted octanol–water partition coefficient (Wildman–Crippen LogP) is -6.61. The van der Waals surface area contributed by atoms with Crippen LogP contribution in [0.2, 0.25) is 0 Å². The molecule has 2 aliphatic carbocycles. The lowest BCUT2D eigenvalue weighted by atomic mass is 9.85. The van der Waals surface area contributed by atoms with E-state index in [1.54, 1.807) is 0 Å². The molecule has 0 bridgehead atoms. The van der Waals surface area contributed by atoms with E-state index in [4.69, 9.17) is 29.0 Å². The number of hydrogen-bond donors (Lipinski definition) is 18. The Morgan fingerprint density at radius 2 is 0.554 bits per heavy atom. The standard InChI is InChI=1S/C17H38N2O31P6/c20-5-9(11(45-51(25,26)27)7(22)15(49-55(37,38)39)13(5)47-53(31,32)33)43-3-1-18-17(24)19-2-4-44-10-6(21)14(48-54(34,35)36)16(50-56(40,41)42)8(23)12(10)46-52(28,29)30/h5-16,20-23H,1-4H2,(H2,18,19,24)(H2,25,26,27)(H2,28,29,30)(H2,31,32,33)(H2,34,35,36)(H2,37,38,39)(H2,40,41,42)/t5-,6-,7-,8-,9+,10+,11-,12-,13+,14+,15+,16+/m0/s1.